The molecule has 2 aromatic rings. The van der Waals surface area contributed by atoms with Crippen LogP contribution in [0.15, 0.2) is 36.4 Å². The van der Waals surface area contributed by atoms with Crippen molar-refractivity contribution in [2.75, 3.05) is 5.32 Å². The highest BCUT2D eigenvalue weighted by atomic mass is 35.5. The number of hydrogen-bond donors (Lipinski definition) is 1. The average molecular weight is 303 g/mol. The predicted molar refractivity (Wildman–Crippen MR) is 82.4 cm³/mol. The quantitative estimate of drug-likeness (QED) is 0.890. The first kappa shape index (κ1) is 13.3. The molecule has 3 rings (SSSR count). The summed E-state index contributed by atoms with van der Waals surface area (Å²) >= 11 is 12.0. The molecule has 0 radical (unpaired) electrons. The predicted octanol–water partition coefficient (Wildman–Crippen LogP) is 4.44. The molecule has 1 unspecified atom stereocenters. The van der Waals surface area contributed by atoms with Crippen molar-refractivity contribution in [3.8, 4) is 6.07 Å². The first-order valence-corrected chi connectivity index (χ1v) is 7.15. The average Bonchev–Trinajstić information content (AvgIpc) is 2.80. The van der Waals surface area contributed by atoms with Crippen LogP contribution >= 0.6 is 23.2 Å². The van der Waals surface area contributed by atoms with Gasteiger partial charge in [0.15, 0.2) is 0 Å². The molecular formula is C16H12Cl2N2. The third-order valence-electron chi connectivity index (χ3n) is 3.56. The molecule has 0 aliphatic heterocycles. The minimum absolute atomic E-state index is 0.272. The molecule has 0 aromatic heterocycles. The molecule has 0 fully saturated rings. The Morgan fingerprint density at radius 2 is 1.70 bits per heavy atom. The van der Waals surface area contributed by atoms with Gasteiger partial charge in [0.05, 0.1) is 11.3 Å². The third kappa shape index (κ3) is 2.60. The van der Waals surface area contributed by atoms with Crippen molar-refractivity contribution in [3.05, 3.63) is 63.1 Å². The molecule has 1 aliphatic rings. The number of halogens is 2. The number of hydrogen-bond acceptors (Lipinski definition) is 2. The van der Waals surface area contributed by atoms with Crippen LogP contribution in [0, 0.1) is 11.3 Å². The third-order valence-corrected chi connectivity index (χ3v) is 4.03. The van der Waals surface area contributed by atoms with Crippen LogP contribution in [0.4, 0.5) is 5.69 Å². The second-order valence-electron chi connectivity index (χ2n) is 4.96. The molecule has 20 heavy (non-hydrogen) atoms. The van der Waals surface area contributed by atoms with Crippen molar-refractivity contribution < 1.29 is 0 Å². The maximum Gasteiger partial charge on any atom is 0.101 e. The number of nitriles is 1. The second kappa shape index (κ2) is 5.36. The monoisotopic (exact) mass is 302 g/mol. The molecule has 0 heterocycles. The molecule has 100 valence electrons. The van der Waals surface area contributed by atoms with E-state index < -0.39 is 0 Å². The lowest BCUT2D eigenvalue weighted by molar-refractivity contribution is 0.774. The number of fused-ring (bicyclic) bond motifs is 1. The van der Waals surface area contributed by atoms with E-state index in [0.29, 0.717) is 10.6 Å². The van der Waals surface area contributed by atoms with Gasteiger partial charge in [-0.15, -0.1) is 0 Å². The highest BCUT2D eigenvalue weighted by molar-refractivity contribution is 6.31. The first-order chi connectivity index (χ1) is 9.65. The van der Waals surface area contributed by atoms with E-state index in [1.165, 1.54) is 11.1 Å². The summed E-state index contributed by atoms with van der Waals surface area (Å²) in [6, 6.07) is 13.7. The second-order valence-corrected chi connectivity index (χ2v) is 5.84. The van der Waals surface area contributed by atoms with Gasteiger partial charge in [-0.1, -0.05) is 29.3 Å². The molecule has 0 spiro atoms. The van der Waals surface area contributed by atoms with Gasteiger partial charge in [0, 0.05) is 16.1 Å². The van der Waals surface area contributed by atoms with Gasteiger partial charge in [0.25, 0.3) is 0 Å². The molecule has 0 saturated heterocycles. The lowest BCUT2D eigenvalue weighted by Crippen LogP contribution is -2.20. The smallest absolute Gasteiger partial charge is 0.101 e. The first-order valence-electron chi connectivity index (χ1n) is 6.39. The summed E-state index contributed by atoms with van der Waals surface area (Å²) < 4.78 is 0. The van der Waals surface area contributed by atoms with E-state index in [0.717, 1.165) is 23.6 Å². The van der Waals surface area contributed by atoms with E-state index in [1.54, 1.807) is 18.2 Å². The van der Waals surface area contributed by atoms with Crippen molar-refractivity contribution >= 4 is 28.9 Å². The van der Waals surface area contributed by atoms with Crippen LogP contribution in [0.3, 0.4) is 0 Å². The lowest BCUT2D eigenvalue weighted by Gasteiger charge is -2.15. The minimum Gasteiger partial charge on any atom is -0.381 e. The van der Waals surface area contributed by atoms with E-state index in [1.807, 2.05) is 12.1 Å². The number of nitrogens with one attached hydrogen (secondary N) is 1. The Morgan fingerprint density at radius 1 is 1.00 bits per heavy atom. The summed E-state index contributed by atoms with van der Waals surface area (Å²) in [4.78, 5) is 0. The molecule has 1 aliphatic carbocycles. The van der Waals surface area contributed by atoms with Crippen LogP contribution in [0.2, 0.25) is 10.0 Å². The summed E-state index contributed by atoms with van der Waals surface area (Å²) in [5.41, 5.74) is 4.00. The van der Waals surface area contributed by atoms with Crippen LogP contribution in [0.1, 0.15) is 16.7 Å². The van der Waals surface area contributed by atoms with E-state index in [9.17, 15) is 0 Å². The lowest BCUT2D eigenvalue weighted by atomic mass is 10.1. The molecular weight excluding hydrogens is 291 g/mol. The molecule has 1 atom stereocenters. The number of anilines is 1. The largest absolute Gasteiger partial charge is 0.381 e. The van der Waals surface area contributed by atoms with Gasteiger partial charge >= 0.3 is 0 Å². The Bertz CT molecular complexity index is 704. The Labute approximate surface area is 127 Å². The van der Waals surface area contributed by atoms with Crippen LogP contribution in [0.25, 0.3) is 0 Å². The van der Waals surface area contributed by atoms with Gasteiger partial charge in [-0.25, -0.2) is 0 Å². The summed E-state index contributed by atoms with van der Waals surface area (Å²) in [5, 5.41) is 14.0. The fraction of sp³-hybridized carbons (Fsp3) is 0.188. The summed E-state index contributed by atoms with van der Waals surface area (Å²) in [7, 11) is 0. The zero-order chi connectivity index (χ0) is 14.1. The molecule has 0 amide bonds. The van der Waals surface area contributed by atoms with Gasteiger partial charge in [0.2, 0.25) is 0 Å². The van der Waals surface area contributed by atoms with Crippen LogP contribution in [-0.4, -0.2) is 6.04 Å². The fourth-order valence-corrected chi connectivity index (χ4v) is 3.01. The van der Waals surface area contributed by atoms with Gasteiger partial charge in [-0.05, 0) is 54.3 Å². The van der Waals surface area contributed by atoms with E-state index >= 15 is 0 Å². The SMILES string of the molecule is N#Cc1ccc(Cl)cc1NC1Cc2ccc(Cl)cc2C1. The molecule has 1 N–H and O–H groups in total. The highest BCUT2D eigenvalue weighted by Crippen LogP contribution is 2.29. The van der Waals surface area contributed by atoms with E-state index in [-0.39, 0.29) is 6.04 Å². The van der Waals surface area contributed by atoms with Gasteiger partial charge in [-0.3, -0.25) is 0 Å². The molecule has 2 aromatic carbocycles. The van der Waals surface area contributed by atoms with E-state index in [4.69, 9.17) is 28.5 Å². The van der Waals surface area contributed by atoms with Crippen molar-refractivity contribution in [2.24, 2.45) is 0 Å². The maximum absolute atomic E-state index is 9.14. The van der Waals surface area contributed by atoms with Crippen molar-refractivity contribution in [2.45, 2.75) is 18.9 Å². The molecule has 2 nitrogen and oxygen atoms in total. The molecule has 0 saturated carbocycles. The van der Waals surface area contributed by atoms with Gasteiger partial charge in [0.1, 0.15) is 6.07 Å². The maximum atomic E-state index is 9.14. The van der Waals surface area contributed by atoms with Crippen LogP contribution < -0.4 is 5.32 Å². The van der Waals surface area contributed by atoms with Crippen molar-refractivity contribution in [1.29, 1.82) is 5.26 Å². The Kier molecular flexibility index (Phi) is 3.56. The number of nitrogens with zero attached hydrogens (tertiary/aromatic N) is 1. The Hall–Kier alpha value is -1.69. The summed E-state index contributed by atoms with van der Waals surface area (Å²) in [6.07, 6.45) is 1.84. The Morgan fingerprint density at radius 3 is 2.50 bits per heavy atom. The zero-order valence-electron chi connectivity index (χ0n) is 10.7. The highest BCUT2D eigenvalue weighted by Gasteiger charge is 2.22. The van der Waals surface area contributed by atoms with Gasteiger partial charge < -0.3 is 5.32 Å². The van der Waals surface area contributed by atoms with Crippen LogP contribution in [-0.2, 0) is 12.8 Å². The standard InChI is InChI=1S/C16H12Cl2N2/c17-13-3-1-10-6-15(7-12(10)5-13)20-16-8-14(18)4-2-11(16)9-19/h1-5,8,15,20H,6-7H2. The summed E-state index contributed by atoms with van der Waals surface area (Å²) in [5.74, 6) is 0. The van der Waals surface area contributed by atoms with Crippen molar-refractivity contribution in [1.82, 2.24) is 0 Å². The summed E-state index contributed by atoms with van der Waals surface area (Å²) in [6.45, 7) is 0. The fourth-order valence-electron chi connectivity index (χ4n) is 2.64. The zero-order valence-corrected chi connectivity index (χ0v) is 12.2. The molecule has 4 heteroatoms. The van der Waals surface area contributed by atoms with Gasteiger partial charge in [-0.2, -0.15) is 5.26 Å². The topological polar surface area (TPSA) is 35.8 Å². The number of rotatable bonds is 2. The molecule has 0 bridgehead atoms. The van der Waals surface area contributed by atoms with Crippen molar-refractivity contribution in [3.63, 3.8) is 0 Å². The van der Waals surface area contributed by atoms with Crippen LogP contribution in [0.5, 0.6) is 0 Å². The number of benzene rings is 2. The minimum atomic E-state index is 0.272. The Balaban J connectivity index is 1.81. The normalized spacial score (nSPS) is 16.6. The van der Waals surface area contributed by atoms with E-state index in [2.05, 4.69) is 17.5 Å².